The maximum atomic E-state index is 6.73. The average Bonchev–Trinajstić information content (AvgIpc) is 3.84. The maximum Gasteiger partial charge on any atom is 0.143 e. The van der Waals surface area contributed by atoms with Gasteiger partial charge in [-0.3, -0.25) is 0 Å². The minimum Gasteiger partial charge on any atom is -0.456 e. The van der Waals surface area contributed by atoms with Crippen molar-refractivity contribution in [1.82, 2.24) is 0 Å². The van der Waals surface area contributed by atoms with Crippen LogP contribution in [0.3, 0.4) is 0 Å². The fourth-order valence-electron chi connectivity index (χ4n) is 9.18. The highest BCUT2D eigenvalue weighted by molar-refractivity contribution is 6.24. The lowest BCUT2D eigenvalue weighted by Crippen LogP contribution is -1.91. The lowest BCUT2D eigenvalue weighted by molar-refractivity contribution is 0.668. The van der Waals surface area contributed by atoms with Gasteiger partial charge in [-0.1, -0.05) is 164 Å². The highest BCUT2D eigenvalue weighted by atomic mass is 16.3. The molecule has 0 atom stereocenters. The molecule has 0 fully saturated rings. The van der Waals surface area contributed by atoms with Crippen molar-refractivity contribution < 1.29 is 8.83 Å². The molecule has 0 aliphatic rings. The molecule has 260 valence electrons. The Morgan fingerprint density at radius 1 is 0.268 bits per heavy atom. The molecule has 0 spiro atoms. The van der Waals surface area contributed by atoms with Gasteiger partial charge >= 0.3 is 0 Å². The summed E-state index contributed by atoms with van der Waals surface area (Å²) in [6.07, 6.45) is 0. The Hall–Kier alpha value is -7.42. The molecule has 0 amide bonds. The predicted octanol–water partition coefficient (Wildman–Crippen LogP) is 15.6. The van der Waals surface area contributed by atoms with E-state index in [-0.39, 0.29) is 0 Å². The fraction of sp³-hybridized carbons (Fsp3) is 0. The molecule has 0 N–H and O–H groups in total. The van der Waals surface area contributed by atoms with Crippen molar-refractivity contribution in [3.05, 3.63) is 194 Å². The Morgan fingerprint density at radius 2 is 0.786 bits per heavy atom. The number of fused-ring (bicyclic) bond motifs is 9. The van der Waals surface area contributed by atoms with Crippen LogP contribution < -0.4 is 0 Å². The van der Waals surface area contributed by atoms with Crippen molar-refractivity contribution in [2.75, 3.05) is 0 Å². The molecule has 0 unspecified atom stereocenters. The van der Waals surface area contributed by atoms with Gasteiger partial charge in [0.15, 0.2) is 0 Å². The molecule has 2 aromatic heterocycles. The summed E-state index contributed by atoms with van der Waals surface area (Å²) < 4.78 is 13.0. The molecule has 0 aliphatic carbocycles. The Balaban J connectivity index is 1.03. The molecule has 0 saturated heterocycles. The Bertz CT molecular complexity index is 3460. The summed E-state index contributed by atoms with van der Waals surface area (Å²) in [7, 11) is 0. The third-order valence-corrected chi connectivity index (χ3v) is 11.7. The lowest BCUT2D eigenvalue weighted by Gasteiger charge is -2.19. The lowest BCUT2D eigenvalue weighted by atomic mass is 9.84. The number of para-hydroxylation sites is 2. The van der Waals surface area contributed by atoms with E-state index < -0.39 is 0 Å². The van der Waals surface area contributed by atoms with E-state index in [0.29, 0.717) is 0 Å². The van der Waals surface area contributed by atoms with Gasteiger partial charge in [-0.2, -0.15) is 0 Å². The molecular weight excluding hydrogens is 681 g/mol. The van der Waals surface area contributed by atoms with E-state index in [0.717, 1.165) is 66.1 Å². The van der Waals surface area contributed by atoms with Gasteiger partial charge in [0.25, 0.3) is 0 Å². The molecule has 10 aromatic carbocycles. The second kappa shape index (κ2) is 12.0. The molecule has 2 nitrogen and oxygen atoms in total. The number of benzene rings is 10. The Labute approximate surface area is 322 Å². The molecule has 2 heteroatoms. The van der Waals surface area contributed by atoms with Crippen LogP contribution in [0.2, 0.25) is 0 Å². The van der Waals surface area contributed by atoms with Gasteiger partial charge in [0.2, 0.25) is 0 Å². The van der Waals surface area contributed by atoms with Crippen LogP contribution in [0.25, 0.3) is 121 Å². The first-order chi connectivity index (χ1) is 27.8. The number of rotatable bonds is 4. The normalized spacial score (nSPS) is 11.9. The van der Waals surface area contributed by atoms with Crippen molar-refractivity contribution in [1.29, 1.82) is 0 Å². The van der Waals surface area contributed by atoms with Gasteiger partial charge in [0.05, 0.1) is 0 Å². The van der Waals surface area contributed by atoms with E-state index in [9.17, 15) is 0 Å². The van der Waals surface area contributed by atoms with Gasteiger partial charge in [0.1, 0.15) is 22.3 Å². The zero-order valence-corrected chi connectivity index (χ0v) is 30.3. The van der Waals surface area contributed by atoms with Crippen LogP contribution in [0, 0.1) is 0 Å². The van der Waals surface area contributed by atoms with Crippen molar-refractivity contribution in [3.63, 3.8) is 0 Å². The minimum absolute atomic E-state index is 0.877. The summed E-state index contributed by atoms with van der Waals surface area (Å²) in [6.45, 7) is 0. The zero-order chi connectivity index (χ0) is 36.7. The van der Waals surface area contributed by atoms with Crippen LogP contribution in [-0.4, -0.2) is 0 Å². The molecule has 2 heterocycles. The van der Waals surface area contributed by atoms with Crippen molar-refractivity contribution >= 4 is 76.2 Å². The first-order valence-corrected chi connectivity index (χ1v) is 19.2. The summed E-state index contributed by atoms with van der Waals surface area (Å²) >= 11 is 0. The Morgan fingerprint density at radius 3 is 1.52 bits per heavy atom. The molecule has 0 radical (unpaired) electrons. The summed E-state index contributed by atoms with van der Waals surface area (Å²) in [5.41, 5.74) is 12.9. The zero-order valence-electron chi connectivity index (χ0n) is 30.3. The SMILES string of the molecule is c1ccc2c(-c3c4ccccc4c(-c4ccc(-c5ccc(-c6ccc7c(c6)oc6ccccc67)c6c5oc5ccccc56)cc4)c4ccccc34)cccc2c1. The van der Waals surface area contributed by atoms with Crippen LogP contribution in [0.15, 0.2) is 203 Å². The van der Waals surface area contributed by atoms with E-state index in [1.165, 1.54) is 54.6 Å². The van der Waals surface area contributed by atoms with Crippen molar-refractivity contribution in [3.8, 4) is 44.5 Å². The first kappa shape index (κ1) is 31.0. The molecule has 56 heavy (non-hydrogen) atoms. The van der Waals surface area contributed by atoms with Crippen LogP contribution in [0.1, 0.15) is 0 Å². The minimum atomic E-state index is 0.877. The van der Waals surface area contributed by atoms with E-state index >= 15 is 0 Å². The highest BCUT2D eigenvalue weighted by Crippen LogP contribution is 2.47. The molecular formula is C54H32O2. The summed E-state index contributed by atoms with van der Waals surface area (Å²) in [5, 5.41) is 12.0. The van der Waals surface area contributed by atoms with E-state index in [1.54, 1.807) is 0 Å². The molecule has 0 aliphatic heterocycles. The van der Waals surface area contributed by atoms with Gasteiger partial charge in [-0.25, -0.2) is 0 Å². The van der Waals surface area contributed by atoms with E-state index in [4.69, 9.17) is 8.83 Å². The standard InChI is InChI=1S/C54H32O2/c1-2-14-37-33(12-1)13-11-21-42(37)52-45-18-5-3-16-43(45)51(44-17-4-6-19-46(44)52)35-26-24-34(25-27-35)39-31-30-38(53-47-20-8-10-23-49(47)56-54(39)53)36-28-29-41-40-15-7-9-22-48(40)55-50(41)32-36/h1-32H. The number of hydrogen-bond acceptors (Lipinski definition) is 2. The summed E-state index contributed by atoms with van der Waals surface area (Å²) in [5.74, 6) is 0. The summed E-state index contributed by atoms with van der Waals surface area (Å²) in [6, 6.07) is 69.7. The smallest absolute Gasteiger partial charge is 0.143 e. The highest BCUT2D eigenvalue weighted by Gasteiger charge is 2.20. The first-order valence-electron chi connectivity index (χ1n) is 19.2. The summed E-state index contributed by atoms with van der Waals surface area (Å²) in [4.78, 5) is 0. The Kier molecular flexibility index (Phi) is 6.66. The van der Waals surface area contributed by atoms with Gasteiger partial charge in [-0.05, 0) is 102 Å². The topological polar surface area (TPSA) is 26.3 Å². The second-order valence-electron chi connectivity index (χ2n) is 14.7. The molecule has 12 rings (SSSR count). The predicted molar refractivity (Wildman–Crippen MR) is 235 cm³/mol. The maximum absolute atomic E-state index is 6.73. The van der Waals surface area contributed by atoms with Crippen molar-refractivity contribution in [2.24, 2.45) is 0 Å². The van der Waals surface area contributed by atoms with Crippen LogP contribution in [0.5, 0.6) is 0 Å². The van der Waals surface area contributed by atoms with Gasteiger partial charge < -0.3 is 8.83 Å². The fourth-order valence-corrected chi connectivity index (χ4v) is 9.18. The van der Waals surface area contributed by atoms with Crippen LogP contribution in [0.4, 0.5) is 0 Å². The third kappa shape index (κ3) is 4.57. The molecule has 0 bridgehead atoms. The van der Waals surface area contributed by atoms with Crippen LogP contribution in [-0.2, 0) is 0 Å². The molecule has 0 saturated carbocycles. The number of furan rings is 2. The van der Waals surface area contributed by atoms with E-state index in [2.05, 4.69) is 176 Å². The van der Waals surface area contributed by atoms with Crippen LogP contribution >= 0.6 is 0 Å². The van der Waals surface area contributed by atoms with Crippen molar-refractivity contribution in [2.45, 2.75) is 0 Å². The monoisotopic (exact) mass is 712 g/mol. The molecule has 12 aromatic rings. The largest absolute Gasteiger partial charge is 0.456 e. The number of hydrogen-bond donors (Lipinski definition) is 0. The quantitative estimate of drug-likeness (QED) is 0.170. The van der Waals surface area contributed by atoms with Gasteiger partial charge in [-0.15, -0.1) is 0 Å². The second-order valence-corrected chi connectivity index (χ2v) is 14.7. The third-order valence-electron chi connectivity index (χ3n) is 11.7. The van der Waals surface area contributed by atoms with E-state index in [1.807, 2.05) is 18.2 Å². The average molecular weight is 713 g/mol. The van der Waals surface area contributed by atoms with Gasteiger partial charge in [0, 0.05) is 27.1 Å².